The van der Waals surface area contributed by atoms with Crippen LogP contribution in [0.25, 0.3) is 0 Å². The van der Waals surface area contributed by atoms with Crippen LogP contribution in [0.4, 0.5) is 5.69 Å². The molecular formula is C21H23N3O4. The molecule has 146 valence electrons. The minimum absolute atomic E-state index is 0.0776. The van der Waals surface area contributed by atoms with E-state index in [4.69, 9.17) is 9.47 Å². The van der Waals surface area contributed by atoms with Gasteiger partial charge in [-0.25, -0.2) is 5.43 Å². The van der Waals surface area contributed by atoms with Crippen LogP contribution in [0.3, 0.4) is 0 Å². The predicted molar refractivity (Wildman–Crippen MR) is 106 cm³/mol. The molecule has 0 aromatic heterocycles. The Morgan fingerprint density at radius 2 is 1.64 bits per heavy atom. The molecule has 3 rings (SSSR count). The zero-order valence-electron chi connectivity index (χ0n) is 15.9. The van der Waals surface area contributed by atoms with Gasteiger partial charge in [-0.3, -0.25) is 9.59 Å². The Labute approximate surface area is 163 Å². The zero-order valence-corrected chi connectivity index (χ0v) is 15.9. The molecular weight excluding hydrogens is 358 g/mol. The molecule has 1 heterocycles. The van der Waals surface area contributed by atoms with Crippen molar-refractivity contribution >= 4 is 23.2 Å². The van der Waals surface area contributed by atoms with Crippen LogP contribution in [0.1, 0.15) is 36.2 Å². The zero-order chi connectivity index (χ0) is 20.0. The first-order chi connectivity index (χ1) is 13.5. The number of anilines is 1. The standard InChI is InChI=1S/C21H23N3O4/c1-15(23-24-19(25)14-21(2)27-12-13-28-21)16-8-10-18(11-9-16)22-20(26)17-6-4-3-5-7-17/h3-11H,12-14H2,1-2H3,(H,22,26)(H,24,25). The van der Waals surface area contributed by atoms with Crippen molar-refractivity contribution in [1.82, 2.24) is 5.43 Å². The lowest BCUT2D eigenvalue weighted by Crippen LogP contribution is -2.33. The molecule has 7 nitrogen and oxygen atoms in total. The minimum Gasteiger partial charge on any atom is -0.347 e. The largest absolute Gasteiger partial charge is 0.347 e. The van der Waals surface area contributed by atoms with Crippen molar-refractivity contribution in [2.75, 3.05) is 18.5 Å². The average molecular weight is 381 g/mol. The topological polar surface area (TPSA) is 89.0 Å². The summed E-state index contributed by atoms with van der Waals surface area (Å²) in [4.78, 5) is 24.2. The van der Waals surface area contributed by atoms with Gasteiger partial charge in [0.2, 0.25) is 5.91 Å². The van der Waals surface area contributed by atoms with Gasteiger partial charge in [-0.2, -0.15) is 5.10 Å². The van der Waals surface area contributed by atoms with E-state index in [1.54, 1.807) is 38.1 Å². The van der Waals surface area contributed by atoms with E-state index in [1.807, 2.05) is 30.3 Å². The summed E-state index contributed by atoms with van der Waals surface area (Å²) in [5.74, 6) is -1.34. The molecule has 1 aliphatic rings. The van der Waals surface area contributed by atoms with E-state index >= 15 is 0 Å². The maximum Gasteiger partial charge on any atom is 0.255 e. The maximum atomic E-state index is 12.2. The fraction of sp³-hybridized carbons (Fsp3) is 0.286. The summed E-state index contributed by atoms with van der Waals surface area (Å²) in [5.41, 5.74) is 5.27. The average Bonchev–Trinajstić information content (AvgIpc) is 3.13. The predicted octanol–water partition coefficient (Wildman–Crippen LogP) is 2.93. The Kier molecular flexibility index (Phi) is 6.18. The molecule has 0 radical (unpaired) electrons. The molecule has 2 aromatic rings. The van der Waals surface area contributed by atoms with Crippen LogP contribution in [0.2, 0.25) is 0 Å². The van der Waals surface area contributed by atoms with Gasteiger partial charge >= 0.3 is 0 Å². The van der Waals surface area contributed by atoms with Crippen LogP contribution in [0, 0.1) is 0 Å². The molecule has 1 fully saturated rings. The molecule has 2 amide bonds. The highest BCUT2D eigenvalue weighted by Crippen LogP contribution is 2.22. The van der Waals surface area contributed by atoms with Crippen molar-refractivity contribution in [2.45, 2.75) is 26.1 Å². The van der Waals surface area contributed by atoms with Gasteiger partial charge in [-0.1, -0.05) is 30.3 Å². The van der Waals surface area contributed by atoms with Crippen molar-refractivity contribution in [3.8, 4) is 0 Å². The van der Waals surface area contributed by atoms with Gasteiger partial charge in [0.05, 0.1) is 25.3 Å². The number of hydrazone groups is 1. The van der Waals surface area contributed by atoms with E-state index < -0.39 is 5.79 Å². The van der Waals surface area contributed by atoms with E-state index in [-0.39, 0.29) is 18.2 Å². The van der Waals surface area contributed by atoms with Crippen molar-refractivity contribution in [1.29, 1.82) is 0 Å². The third-order valence-corrected chi connectivity index (χ3v) is 4.32. The van der Waals surface area contributed by atoms with E-state index in [2.05, 4.69) is 15.8 Å². The van der Waals surface area contributed by atoms with Crippen molar-refractivity contribution in [3.63, 3.8) is 0 Å². The highest BCUT2D eigenvalue weighted by molar-refractivity contribution is 6.05. The lowest BCUT2D eigenvalue weighted by molar-refractivity contribution is -0.159. The molecule has 7 heteroatoms. The van der Waals surface area contributed by atoms with Gasteiger partial charge in [-0.15, -0.1) is 0 Å². The summed E-state index contributed by atoms with van der Waals surface area (Å²) in [6.45, 7) is 4.50. The van der Waals surface area contributed by atoms with Crippen LogP contribution < -0.4 is 10.7 Å². The number of carbonyl (C=O) groups is 2. The molecule has 0 unspecified atom stereocenters. The molecule has 0 saturated carbocycles. The van der Waals surface area contributed by atoms with Crippen LogP contribution in [0.15, 0.2) is 59.7 Å². The van der Waals surface area contributed by atoms with Crippen LogP contribution >= 0.6 is 0 Å². The molecule has 0 spiro atoms. The van der Waals surface area contributed by atoms with Crippen molar-refractivity contribution in [3.05, 3.63) is 65.7 Å². The van der Waals surface area contributed by atoms with E-state index in [0.29, 0.717) is 30.2 Å². The van der Waals surface area contributed by atoms with Gasteiger partial charge < -0.3 is 14.8 Å². The lowest BCUT2D eigenvalue weighted by Gasteiger charge is -2.20. The van der Waals surface area contributed by atoms with E-state index in [9.17, 15) is 9.59 Å². The van der Waals surface area contributed by atoms with Crippen LogP contribution in [0.5, 0.6) is 0 Å². The fourth-order valence-electron chi connectivity index (χ4n) is 2.79. The first-order valence-corrected chi connectivity index (χ1v) is 9.03. The molecule has 28 heavy (non-hydrogen) atoms. The molecule has 0 atom stereocenters. The Balaban J connectivity index is 1.55. The first kappa shape index (κ1) is 19.7. The first-order valence-electron chi connectivity index (χ1n) is 9.03. The lowest BCUT2D eigenvalue weighted by atomic mass is 10.1. The molecule has 1 aliphatic heterocycles. The second-order valence-electron chi connectivity index (χ2n) is 6.64. The Morgan fingerprint density at radius 1 is 1.00 bits per heavy atom. The summed E-state index contributed by atoms with van der Waals surface area (Å²) in [6.07, 6.45) is 0.0776. The van der Waals surface area contributed by atoms with Gasteiger partial charge in [0.1, 0.15) is 0 Å². The quantitative estimate of drug-likeness (QED) is 0.595. The summed E-state index contributed by atoms with van der Waals surface area (Å²) >= 11 is 0. The van der Waals surface area contributed by atoms with Gasteiger partial charge in [-0.05, 0) is 43.7 Å². The highest BCUT2D eigenvalue weighted by atomic mass is 16.7. The Bertz CT molecular complexity index is 857. The van der Waals surface area contributed by atoms with Gasteiger partial charge in [0, 0.05) is 11.3 Å². The minimum atomic E-state index is -0.883. The second-order valence-corrected chi connectivity index (χ2v) is 6.64. The molecule has 2 aromatic carbocycles. The third kappa shape index (κ3) is 5.25. The highest BCUT2D eigenvalue weighted by Gasteiger charge is 2.33. The number of rotatable bonds is 6. The Morgan fingerprint density at radius 3 is 2.29 bits per heavy atom. The normalized spacial score (nSPS) is 15.9. The number of carbonyl (C=O) groups excluding carboxylic acids is 2. The SMILES string of the molecule is CC(=NNC(=O)CC1(C)OCCO1)c1ccc(NC(=O)c2ccccc2)cc1. The Hall–Kier alpha value is -3.03. The summed E-state index contributed by atoms with van der Waals surface area (Å²) in [6, 6.07) is 16.2. The number of hydrogen-bond donors (Lipinski definition) is 2. The second kappa shape index (κ2) is 8.77. The number of amides is 2. The molecule has 0 aliphatic carbocycles. The number of benzene rings is 2. The number of nitrogens with zero attached hydrogens (tertiary/aromatic N) is 1. The third-order valence-electron chi connectivity index (χ3n) is 4.32. The number of ether oxygens (including phenoxy) is 2. The van der Waals surface area contributed by atoms with Crippen molar-refractivity contribution in [2.24, 2.45) is 5.10 Å². The van der Waals surface area contributed by atoms with E-state index in [1.165, 1.54) is 0 Å². The summed E-state index contributed by atoms with van der Waals surface area (Å²) in [7, 11) is 0. The summed E-state index contributed by atoms with van der Waals surface area (Å²) < 4.78 is 10.8. The smallest absolute Gasteiger partial charge is 0.255 e. The molecule has 0 bridgehead atoms. The van der Waals surface area contributed by atoms with E-state index in [0.717, 1.165) is 5.56 Å². The van der Waals surface area contributed by atoms with Gasteiger partial charge in [0.25, 0.3) is 5.91 Å². The molecule has 1 saturated heterocycles. The van der Waals surface area contributed by atoms with Gasteiger partial charge in [0.15, 0.2) is 5.79 Å². The van der Waals surface area contributed by atoms with Crippen molar-refractivity contribution < 1.29 is 19.1 Å². The fourth-order valence-corrected chi connectivity index (χ4v) is 2.79. The number of nitrogens with one attached hydrogen (secondary N) is 2. The van der Waals surface area contributed by atoms with Crippen LogP contribution in [-0.2, 0) is 14.3 Å². The van der Waals surface area contributed by atoms with Crippen LogP contribution in [-0.4, -0.2) is 36.5 Å². The maximum absolute atomic E-state index is 12.2. The number of hydrogen-bond acceptors (Lipinski definition) is 5. The summed E-state index contributed by atoms with van der Waals surface area (Å²) in [5, 5.41) is 6.97. The molecule has 2 N–H and O–H groups in total. The monoisotopic (exact) mass is 381 g/mol.